The van der Waals surface area contributed by atoms with Gasteiger partial charge in [-0.2, -0.15) is 0 Å². The molecule has 3 aromatic rings. The van der Waals surface area contributed by atoms with Crippen LogP contribution in [-0.2, 0) is 6.42 Å². The Hall–Kier alpha value is -1.68. The summed E-state index contributed by atoms with van der Waals surface area (Å²) in [5.74, 6) is 0.420. The summed E-state index contributed by atoms with van der Waals surface area (Å²) in [6, 6.07) is 14.6. The van der Waals surface area contributed by atoms with Crippen LogP contribution in [0.2, 0.25) is 0 Å². The van der Waals surface area contributed by atoms with Gasteiger partial charge in [0.2, 0.25) is 0 Å². The number of phenolic OH excluding ortho intramolecular Hbond substituents is 1. The van der Waals surface area contributed by atoms with Gasteiger partial charge >= 0.3 is 37.7 Å². The maximum Gasteiger partial charge on any atom is 2.00 e. The second-order valence-electron chi connectivity index (χ2n) is 7.15. The number of phenols is 1. The second kappa shape index (κ2) is 13.6. The Kier molecular flexibility index (Phi) is 12.8. The Morgan fingerprint density at radius 2 is 1.00 bits per heavy atom. The number of aromatic hydroxyl groups is 1. The summed E-state index contributed by atoms with van der Waals surface area (Å²) in [6.45, 7) is 13.6. The average Bonchev–Trinajstić information content (AvgIpc) is 2.68. The molecular weight excluding hydrogens is 400 g/mol. The normalized spacial score (nSPS) is 9.43. The Balaban J connectivity index is 0.000000643. The molecule has 3 aromatic carbocycles. The van der Waals surface area contributed by atoms with E-state index in [0.717, 1.165) is 22.3 Å². The van der Waals surface area contributed by atoms with Crippen LogP contribution in [0.3, 0.4) is 0 Å². The van der Waals surface area contributed by atoms with Gasteiger partial charge in [0.1, 0.15) is 5.75 Å². The molecule has 0 atom stereocenters. The van der Waals surface area contributed by atoms with Gasteiger partial charge in [0.15, 0.2) is 0 Å². The van der Waals surface area contributed by atoms with Crippen LogP contribution in [0.5, 0.6) is 17.2 Å². The fourth-order valence-corrected chi connectivity index (χ4v) is 3.10. The number of benzene rings is 3. The van der Waals surface area contributed by atoms with Crippen molar-refractivity contribution in [1.29, 1.82) is 0 Å². The smallest absolute Gasteiger partial charge is 0.872 e. The van der Waals surface area contributed by atoms with Gasteiger partial charge in [0.05, 0.1) is 0 Å². The largest absolute Gasteiger partial charge is 2.00 e. The zero-order chi connectivity index (χ0) is 22.1. The molecule has 3 rings (SSSR count). The minimum Gasteiger partial charge on any atom is -0.872 e. The molecule has 0 saturated heterocycles. The van der Waals surface area contributed by atoms with Crippen LogP contribution in [0.1, 0.15) is 52.8 Å². The second-order valence-corrected chi connectivity index (χ2v) is 7.15. The summed E-state index contributed by atoms with van der Waals surface area (Å²) in [4.78, 5) is 0. The summed E-state index contributed by atoms with van der Waals surface area (Å²) >= 11 is 0. The fourth-order valence-electron chi connectivity index (χ4n) is 3.10. The number of rotatable bonds is 2. The molecule has 0 amide bonds. The van der Waals surface area contributed by atoms with Crippen molar-refractivity contribution in [2.45, 2.75) is 54.9 Å². The summed E-state index contributed by atoms with van der Waals surface area (Å²) in [6.07, 6.45) is 0.419. The van der Waals surface area contributed by atoms with Crippen molar-refractivity contribution in [3.8, 4) is 17.2 Å². The van der Waals surface area contributed by atoms with E-state index in [1.807, 2.05) is 84.9 Å². The minimum absolute atomic E-state index is 0. The standard InChI is InChI=1S/C17H20O2.C7H8O.C2H6.Ca/c1-10-5-12(3)16(18)14(7-10)9-15-8-11(2)6-13(4)17(15)19;1-6-2-4-7(8)5-3-6;1-2;/h5-8,18-19H,9H2,1-4H3;2-5,8H,1H3;1-2H3;/q;;;+2/p-2. The van der Waals surface area contributed by atoms with Crippen LogP contribution in [-0.4, -0.2) is 42.8 Å². The van der Waals surface area contributed by atoms with E-state index in [1.54, 1.807) is 12.1 Å². The number of hydrogen-bond donors (Lipinski definition) is 1. The van der Waals surface area contributed by atoms with Crippen molar-refractivity contribution in [2.75, 3.05) is 0 Å². The predicted molar refractivity (Wildman–Crippen MR) is 123 cm³/mol. The van der Waals surface area contributed by atoms with Crippen molar-refractivity contribution < 1.29 is 15.3 Å². The molecule has 30 heavy (non-hydrogen) atoms. The summed E-state index contributed by atoms with van der Waals surface area (Å²) in [5.41, 5.74) is 6.19. The zero-order valence-corrected chi connectivity index (χ0v) is 21.5. The molecule has 0 saturated carbocycles. The van der Waals surface area contributed by atoms with Crippen molar-refractivity contribution in [3.05, 3.63) is 87.5 Å². The molecule has 0 aliphatic carbocycles. The molecule has 156 valence electrons. The molecule has 3 nitrogen and oxygen atoms in total. The van der Waals surface area contributed by atoms with E-state index in [4.69, 9.17) is 5.11 Å². The first-order valence-electron chi connectivity index (χ1n) is 9.97. The first kappa shape index (κ1) is 28.3. The molecular formula is C26H32CaO3. The fraction of sp³-hybridized carbons (Fsp3) is 0.308. The Morgan fingerprint density at radius 3 is 1.33 bits per heavy atom. The van der Waals surface area contributed by atoms with E-state index in [1.165, 1.54) is 5.56 Å². The van der Waals surface area contributed by atoms with E-state index in [-0.39, 0.29) is 49.2 Å². The van der Waals surface area contributed by atoms with Crippen LogP contribution < -0.4 is 10.2 Å². The van der Waals surface area contributed by atoms with Crippen molar-refractivity contribution in [1.82, 2.24) is 0 Å². The van der Waals surface area contributed by atoms with Crippen molar-refractivity contribution >= 4 is 37.7 Å². The van der Waals surface area contributed by atoms with Gasteiger partial charge in [-0.25, -0.2) is 0 Å². The molecule has 0 bridgehead atoms. The molecule has 0 unspecified atom stereocenters. The van der Waals surface area contributed by atoms with Crippen LogP contribution in [0, 0.1) is 34.6 Å². The molecule has 1 N–H and O–H groups in total. The Labute approximate surface area is 211 Å². The number of aryl methyl sites for hydroxylation is 5. The van der Waals surface area contributed by atoms with Gasteiger partial charge in [-0.15, -0.1) is 11.5 Å². The molecule has 0 heterocycles. The summed E-state index contributed by atoms with van der Waals surface area (Å²) < 4.78 is 0. The van der Waals surface area contributed by atoms with Gasteiger partial charge in [0, 0.05) is 0 Å². The predicted octanol–water partition coefficient (Wildman–Crippen LogP) is 5.00. The topological polar surface area (TPSA) is 66.3 Å². The van der Waals surface area contributed by atoms with Gasteiger partial charge in [-0.3, -0.25) is 0 Å². The SMILES string of the molecule is CC.Cc1cc(C)c([O-])c(Cc2cc(C)cc(C)c2[O-])c1.Cc1ccc(O)cc1.[Ca+2]. The summed E-state index contributed by atoms with van der Waals surface area (Å²) in [7, 11) is 0. The zero-order valence-electron chi connectivity index (χ0n) is 19.3. The maximum absolute atomic E-state index is 12.1. The average molecular weight is 433 g/mol. The maximum atomic E-state index is 12.1. The summed E-state index contributed by atoms with van der Waals surface area (Å²) in [5, 5.41) is 33.0. The van der Waals surface area contributed by atoms with E-state index in [9.17, 15) is 10.2 Å². The van der Waals surface area contributed by atoms with Crippen LogP contribution in [0.4, 0.5) is 0 Å². The monoisotopic (exact) mass is 432 g/mol. The first-order valence-corrected chi connectivity index (χ1v) is 9.97. The molecule has 0 fully saturated rings. The van der Waals surface area contributed by atoms with Crippen LogP contribution >= 0.6 is 0 Å². The quantitative estimate of drug-likeness (QED) is 0.579. The third-order valence-corrected chi connectivity index (χ3v) is 4.41. The van der Waals surface area contributed by atoms with Gasteiger partial charge in [-0.05, 0) is 53.2 Å². The van der Waals surface area contributed by atoms with Gasteiger partial charge in [-0.1, -0.05) is 89.2 Å². The van der Waals surface area contributed by atoms with Crippen molar-refractivity contribution in [3.63, 3.8) is 0 Å². The van der Waals surface area contributed by atoms with Crippen molar-refractivity contribution in [2.24, 2.45) is 0 Å². The molecule has 0 spiro atoms. The Bertz CT molecular complexity index is 855. The van der Waals surface area contributed by atoms with E-state index in [0.29, 0.717) is 23.3 Å². The van der Waals surface area contributed by atoms with Crippen LogP contribution in [0.15, 0.2) is 48.5 Å². The van der Waals surface area contributed by atoms with Gasteiger partial charge < -0.3 is 15.3 Å². The minimum atomic E-state index is 0. The van der Waals surface area contributed by atoms with Crippen LogP contribution in [0.25, 0.3) is 0 Å². The van der Waals surface area contributed by atoms with E-state index in [2.05, 4.69) is 0 Å². The Morgan fingerprint density at radius 1 is 0.633 bits per heavy atom. The first-order chi connectivity index (χ1) is 13.7. The molecule has 0 aliphatic heterocycles. The molecule has 0 aliphatic rings. The molecule has 0 aromatic heterocycles. The van der Waals surface area contributed by atoms with E-state index < -0.39 is 0 Å². The third-order valence-electron chi connectivity index (χ3n) is 4.41. The molecule has 0 radical (unpaired) electrons. The number of hydrogen-bond acceptors (Lipinski definition) is 3. The van der Waals surface area contributed by atoms with Gasteiger partial charge in [0.25, 0.3) is 0 Å². The molecule has 4 heteroatoms. The van der Waals surface area contributed by atoms with E-state index >= 15 is 0 Å². The third kappa shape index (κ3) is 8.59.